The average Bonchev–Trinajstić information content (AvgIpc) is 3.13. The Labute approximate surface area is 350 Å². The van der Waals surface area contributed by atoms with Crippen LogP contribution in [0.2, 0.25) is 0 Å². The first-order chi connectivity index (χ1) is 27.1. The van der Waals surface area contributed by atoms with E-state index in [4.69, 9.17) is 14.6 Å². The predicted molar refractivity (Wildman–Crippen MR) is 225 cm³/mol. The monoisotopic (exact) mass is 842 g/mol. The largest absolute Gasteiger partial charge is 0.397 e. The molecule has 2 amide bonds. The van der Waals surface area contributed by atoms with E-state index in [1.165, 1.54) is 70.6 Å². The van der Waals surface area contributed by atoms with Crippen LogP contribution in [0.25, 0.3) is 0 Å². The minimum atomic E-state index is -2.32. The van der Waals surface area contributed by atoms with Gasteiger partial charge in [-0.05, 0) is 74.9 Å². The summed E-state index contributed by atoms with van der Waals surface area (Å²) in [5.41, 5.74) is -0.838. The lowest BCUT2D eigenvalue weighted by molar-refractivity contribution is -0.324. The number of hydrogen-bond donors (Lipinski definition) is 9. The summed E-state index contributed by atoms with van der Waals surface area (Å²) in [5.74, 6) is -0.944. The van der Waals surface area contributed by atoms with Crippen molar-refractivity contribution in [3.05, 3.63) is 0 Å². The van der Waals surface area contributed by atoms with Gasteiger partial charge in [-0.1, -0.05) is 84.5 Å². The number of aliphatic hydroxyl groups excluding tert-OH is 7. The van der Waals surface area contributed by atoms with Crippen molar-refractivity contribution in [3.63, 3.8) is 0 Å². The molecule has 58 heavy (non-hydrogen) atoms. The molecule has 0 spiro atoms. The maximum Gasteiger partial charge on any atom is 0.251 e. The number of nitrogens with zero attached hydrogens (tertiary/aromatic N) is 2. The fourth-order valence-electron chi connectivity index (χ4n) is 6.68. The van der Waals surface area contributed by atoms with Crippen LogP contribution in [0.1, 0.15) is 159 Å². The van der Waals surface area contributed by atoms with E-state index in [2.05, 4.69) is 12.2 Å². The fraction of sp³-hybridized carbons (Fsp3) is 0.929. The Morgan fingerprint density at radius 3 is 1.64 bits per heavy atom. The molecule has 0 aliphatic rings. The van der Waals surface area contributed by atoms with Gasteiger partial charge < -0.3 is 70.2 Å². The molecule has 0 fully saturated rings. The van der Waals surface area contributed by atoms with Crippen molar-refractivity contribution in [1.29, 1.82) is 0 Å². The van der Waals surface area contributed by atoms with Crippen LogP contribution < -0.4 is 5.32 Å². The maximum absolute atomic E-state index is 12.6. The van der Waals surface area contributed by atoms with Crippen LogP contribution in [0.4, 0.5) is 0 Å². The summed E-state index contributed by atoms with van der Waals surface area (Å²) in [6.45, 7) is 17.4. The van der Waals surface area contributed by atoms with Gasteiger partial charge in [0.1, 0.15) is 24.6 Å². The molecule has 0 saturated heterocycles. The van der Waals surface area contributed by atoms with Gasteiger partial charge in [0, 0.05) is 38.1 Å². The van der Waals surface area contributed by atoms with Gasteiger partial charge in [-0.15, -0.1) is 0 Å². The summed E-state index contributed by atoms with van der Waals surface area (Å²) < 4.78 is 9.80. The van der Waals surface area contributed by atoms with Gasteiger partial charge in [0.05, 0.1) is 12.1 Å². The second-order valence-electron chi connectivity index (χ2n) is 16.4. The number of aldehydes is 1. The smallest absolute Gasteiger partial charge is 0.251 e. The minimum absolute atomic E-state index is 0.0477. The third-order valence-corrected chi connectivity index (χ3v) is 9.04. The molecule has 0 bridgehead atoms. The Bertz CT molecular complexity index is 998. The molecule has 6 atom stereocenters. The maximum atomic E-state index is 12.6. The van der Waals surface area contributed by atoms with Crippen molar-refractivity contribution >= 4 is 18.1 Å². The first-order valence-corrected chi connectivity index (χ1v) is 21.5. The van der Waals surface area contributed by atoms with Gasteiger partial charge in [0.25, 0.3) is 5.91 Å². The molecule has 0 saturated carbocycles. The average molecular weight is 842 g/mol. The predicted octanol–water partition coefficient (Wildman–Crippen LogP) is 2.97. The van der Waals surface area contributed by atoms with Crippen molar-refractivity contribution < 1.29 is 64.7 Å². The second-order valence-corrected chi connectivity index (χ2v) is 16.4. The molecule has 0 aliphatic heterocycles. The lowest BCUT2D eigenvalue weighted by atomic mass is 9.93. The number of amides is 2. The highest BCUT2D eigenvalue weighted by Gasteiger charge is 2.40. The molecule has 0 heterocycles. The van der Waals surface area contributed by atoms with Gasteiger partial charge in [-0.25, -0.2) is 0 Å². The van der Waals surface area contributed by atoms with Gasteiger partial charge in [-0.2, -0.15) is 0 Å². The van der Waals surface area contributed by atoms with E-state index in [1.54, 1.807) is 6.92 Å². The van der Waals surface area contributed by atoms with E-state index in [-0.39, 0.29) is 24.6 Å². The van der Waals surface area contributed by atoms with Crippen molar-refractivity contribution in [3.8, 4) is 0 Å². The SMILES string of the molecule is CCC(=O)N(C(C)(C)C)C(C)(C)CN(C)CCCNC(=O)C(O)C(O)C(OC(OC(C)O)C(O)O)C(O)CO.CCCCCCCCCCCCCCC=O.CCO. The molecule has 348 valence electrons. The van der Waals surface area contributed by atoms with Crippen molar-refractivity contribution in [2.45, 2.75) is 213 Å². The number of carbonyl (C=O) groups excluding carboxylic acids is 3. The van der Waals surface area contributed by atoms with Crippen molar-refractivity contribution in [1.82, 2.24) is 15.1 Å². The third-order valence-electron chi connectivity index (χ3n) is 9.04. The van der Waals surface area contributed by atoms with E-state index in [0.717, 1.165) is 26.1 Å². The second kappa shape index (κ2) is 35.9. The van der Waals surface area contributed by atoms with Gasteiger partial charge >= 0.3 is 0 Å². The van der Waals surface area contributed by atoms with Crippen LogP contribution in [0.5, 0.6) is 0 Å². The molecule has 0 aliphatic carbocycles. The Hall–Kier alpha value is -1.83. The van der Waals surface area contributed by atoms with Crippen LogP contribution in [0.3, 0.4) is 0 Å². The molecule has 0 radical (unpaired) electrons. The zero-order valence-corrected chi connectivity index (χ0v) is 37.8. The van der Waals surface area contributed by atoms with Crippen LogP contribution in [0, 0.1) is 0 Å². The first-order valence-electron chi connectivity index (χ1n) is 21.5. The minimum Gasteiger partial charge on any atom is -0.397 e. The molecule has 0 aromatic rings. The number of unbranched alkanes of at least 4 members (excludes halogenated alkanes) is 12. The quantitative estimate of drug-likeness (QED) is 0.0277. The highest BCUT2D eigenvalue weighted by molar-refractivity contribution is 5.81. The molecule has 0 rings (SSSR count). The van der Waals surface area contributed by atoms with E-state index < -0.39 is 61.3 Å². The number of hydrogen-bond acceptors (Lipinski definition) is 14. The lowest BCUT2D eigenvalue weighted by Crippen LogP contribution is -2.60. The number of nitrogens with one attached hydrogen (secondary N) is 1. The van der Waals surface area contributed by atoms with Gasteiger partial charge in [0.15, 0.2) is 12.4 Å². The zero-order chi connectivity index (χ0) is 45.3. The number of likely N-dealkylation sites (N-methyl/N-ethyl adjacent to an activating group) is 1. The van der Waals surface area contributed by atoms with Crippen LogP contribution in [-0.2, 0) is 23.9 Å². The summed E-state index contributed by atoms with van der Waals surface area (Å²) in [6, 6.07) is 0. The Kier molecular flexibility index (Phi) is 37.4. The van der Waals surface area contributed by atoms with Gasteiger partial charge in [0.2, 0.25) is 18.5 Å². The number of carbonyl (C=O) groups is 3. The molecule has 0 aromatic carbocycles. The topological polar surface area (TPSA) is 250 Å². The molecule has 6 unspecified atom stereocenters. The summed E-state index contributed by atoms with van der Waals surface area (Å²) in [6.07, 6.45) is 5.25. The standard InChI is InChI=1S/C25H51N3O11.C15H30O.C2H6O/c1-9-17(32)28(24(3,4)5)25(6,7)14-27(8)12-10-11-26-21(35)19(34)18(33)20(16(31)13-29)39-23(22(36)37)38-15(2)30;1-2-3-4-5-6-7-8-9-10-11-12-13-14-15-16;1-2-3/h15-16,18-20,22-23,29-31,33-34,36-37H,9-14H2,1-8H3,(H,26,35);15H,2-14H2,1H3;3H,2H2,1H3. The van der Waals surface area contributed by atoms with E-state index in [1.807, 2.05) is 58.4 Å². The molecule has 16 heteroatoms. The fourth-order valence-corrected chi connectivity index (χ4v) is 6.68. The normalized spacial score (nSPS) is 15.0. The molecule has 9 N–H and O–H groups in total. The van der Waals surface area contributed by atoms with E-state index >= 15 is 0 Å². The third kappa shape index (κ3) is 30.2. The van der Waals surface area contributed by atoms with Gasteiger partial charge in [-0.3, -0.25) is 9.59 Å². The van der Waals surface area contributed by atoms with Crippen molar-refractivity contribution in [2.75, 3.05) is 39.9 Å². The van der Waals surface area contributed by atoms with Crippen LogP contribution >= 0.6 is 0 Å². The number of rotatable bonds is 31. The summed E-state index contributed by atoms with van der Waals surface area (Å²) in [4.78, 5) is 39.0. The van der Waals surface area contributed by atoms with Crippen molar-refractivity contribution in [2.24, 2.45) is 0 Å². The number of aliphatic hydroxyl groups is 8. The zero-order valence-electron chi connectivity index (χ0n) is 37.8. The molecular weight excluding hydrogens is 754 g/mol. The lowest BCUT2D eigenvalue weighted by Gasteiger charge is -2.48. The Balaban J connectivity index is -0.00000132. The number of ether oxygens (including phenoxy) is 2. The molecule has 16 nitrogen and oxygen atoms in total. The summed E-state index contributed by atoms with van der Waals surface area (Å²) in [7, 11) is 1.89. The summed E-state index contributed by atoms with van der Waals surface area (Å²) in [5, 5.41) is 78.1. The molecular formula is C42H87N3O13. The highest BCUT2D eigenvalue weighted by Crippen LogP contribution is 2.27. The first kappa shape index (κ1) is 60.5. The van der Waals surface area contributed by atoms with E-state index in [0.29, 0.717) is 25.9 Å². The Morgan fingerprint density at radius 1 is 0.759 bits per heavy atom. The van der Waals surface area contributed by atoms with E-state index in [9.17, 15) is 50.1 Å². The highest BCUT2D eigenvalue weighted by atomic mass is 16.8. The van der Waals surface area contributed by atoms with Crippen LogP contribution in [-0.4, -0.2) is 163 Å². The summed E-state index contributed by atoms with van der Waals surface area (Å²) >= 11 is 0. The Morgan fingerprint density at radius 2 is 1.24 bits per heavy atom. The van der Waals surface area contributed by atoms with Crippen LogP contribution in [0.15, 0.2) is 0 Å². The molecule has 0 aromatic heterocycles.